The smallest absolute Gasteiger partial charge is 0.0879 e. The molecule has 0 radical (unpaired) electrons. The largest absolute Gasteiger partial charge is 0.294 e. The van der Waals surface area contributed by atoms with Crippen LogP contribution < -0.4 is 0 Å². The Morgan fingerprint density at radius 1 is 1.54 bits per heavy atom. The Bertz CT molecular complexity index is 314. The number of pyridine rings is 1. The third-order valence-electron chi connectivity index (χ3n) is 1.66. The molecule has 0 aliphatic heterocycles. The molecule has 0 spiro atoms. The van der Waals surface area contributed by atoms with Crippen LogP contribution in [0.25, 0.3) is 6.08 Å². The van der Waals surface area contributed by atoms with E-state index in [0.717, 1.165) is 17.7 Å². The fourth-order valence-electron chi connectivity index (χ4n) is 1.05. The third kappa shape index (κ3) is 2.82. The molecule has 0 N–H and O–H groups in total. The number of allylic oxidation sites excluding steroid dienone is 1. The van der Waals surface area contributed by atoms with E-state index in [1.165, 1.54) is 0 Å². The molecule has 0 unspecified atom stereocenters. The summed E-state index contributed by atoms with van der Waals surface area (Å²) in [5.74, 6) is 0. The topological polar surface area (TPSA) is 25.2 Å². The van der Waals surface area contributed by atoms with Gasteiger partial charge in [0.25, 0.3) is 0 Å². The maximum atomic E-state index is 4.22. The lowest BCUT2D eigenvalue weighted by Gasteiger charge is -1.97. The van der Waals surface area contributed by atoms with E-state index < -0.39 is 0 Å². The van der Waals surface area contributed by atoms with Crippen molar-refractivity contribution in [1.29, 1.82) is 0 Å². The second-order valence-corrected chi connectivity index (χ2v) is 2.68. The molecule has 0 atom stereocenters. The Labute approximate surface area is 79.0 Å². The minimum absolute atomic E-state index is 0.926. The Kier molecular flexibility index (Phi) is 3.89. The molecule has 2 heteroatoms. The van der Waals surface area contributed by atoms with Crippen LogP contribution in [0, 0.1) is 0 Å². The van der Waals surface area contributed by atoms with Gasteiger partial charge in [-0.3, -0.25) is 9.98 Å². The summed E-state index contributed by atoms with van der Waals surface area (Å²) in [7, 11) is 1.75. The maximum absolute atomic E-state index is 4.22. The lowest BCUT2D eigenvalue weighted by Crippen LogP contribution is -1.90. The van der Waals surface area contributed by atoms with Crippen molar-refractivity contribution in [3.8, 4) is 0 Å². The van der Waals surface area contributed by atoms with Gasteiger partial charge in [0, 0.05) is 25.0 Å². The third-order valence-corrected chi connectivity index (χ3v) is 1.66. The first-order valence-corrected chi connectivity index (χ1v) is 4.42. The lowest BCUT2D eigenvalue weighted by molar-refractivity contribution is 1.23. The van der Waals surface area contributed by atoms with Crippen LogP contribution in [-0.4, -0.2) is 18.2 Å². The van der Waals surface area contributed by atoms with Gasteiger partial charge in [-0.2, -0.15) is 0 Å². The van der Waals surface area contributed by atoms with Gasteiger partial charge >= 0.3 is 0 Å². The van der Waals surface area contributed by atoms with Crippen molar-refractivity contribution in [2.45, 2.75) is 13.3 Å². The molecule has 0 saturated heterocycles. The molecule has 1 aromatic heterocycles. The van der Waals surface area contributed by atoms with Crippen LogP contribution in [0.15, 0.2) is 29.4 Å². The number of aromatic nitrogens is 1. The zero-order valence-corrected chi connectivity index (χ0v) is 8.07. The average Bonchev–Trinajstić information content (AvgIpc) is 2.17. The van der Waals surface area contributed by atoms with Crippen molar-refractivity contribution < 1.29 is 0 Å². The van der Waals surface area contributed by atoms with Crippen molar-refractivity contribution in [2.24, 2.45) is 4.99 Å². The number of rotatable bonds is 3. The van der Waals surface area contributed by atoms with Crippen LogP contribution in [0.4, 0.5) is 0 Å². The SMILES string of the molecule is CC/C=C\c1cccnc1C=NC. The first-order chi connectivity index (χ1) is 6.38. The van der Waals surface area contributed by atoms with Crippen LogP contribution >= 0.6 is 0 Å². The second-order valence-electron chi connectivity index (χ2n) is 2.68. The molecular formula is C11H14N2. The first-order valence-electron chi connectivity index (χ1n) is 4.42. The predicted octanol–water partition coefficient (Wildman–Crippen LogP) is 2.55. The molecule has 2 nitrogen and oxygen atoms in total. The van der Waals surface area contributed by atoms with Crippen LogP contribution in [0.1, 0.15) is 24.6 Å². The molecule has 13 heavy (non-hydrogen) atoms. The normalized spacial score (nSPS) is 11.5. The van der Waals surface area contributed by atoms with E-state index in [-0.39, 0.29) is 0 Å². The summed E-state index contributed by atoms with van der Waals surface area (Å²) in [6.45, 7) is 2.11. The number of hydrogen-bond donors (Lipinski definition) is 0. The van der Waals surface area contributed by atoms with Crippen molar-refractivity contribution in [3.63, 3.8) is 0 Å². The quantitative estimate of drug-likeness (QED) is 0.646. The van der Waals surface area contributed by atoms with E-state index in [1.54, 1.807) is 19.5 Å². The second kappa shape index (κ2) is 5.25. The van der Waals surface area contributed by atoms with Gasteiger partial charge < -0.3 is 0 Å². The van der Waals surface area contributed by atoms with Crippen molar-refractivity contribution in [3.05, 3.63) is 35.7 Å². The van der Waals surface area contributed by atoms with Crippen LogP contribution in [0.2, 0.25) is 0 Å². The van der Waals surface area contributed by atoms with Gasteiger partial charge in [0.05, 0.1) is 5.69 Å². The highest BCUT2D eigenvalue weighted by Gasteiger charge is 1.94. The van der Waals surface area contributed by atoms with Crippen molar-refractivity contribution in [2.75, 3.05) is 7.05 Å². The van der Waals surface area contributed by atoms with Gasteiger partial charge in [-0.1, -0.05) is 25.1 Å². The van der Waals surface area contributed by atoms with Gasteiger partial charge in [0.2, 0.25) is 0 Å². The Hall–Kier alpha value is -1.44. The molecule has 0 saturated carbocycles. The number of nitrogens with zero attached hydrogens (tertiary/aromatic N) is 2. The summed E-state index contributed by atoms with van der Waals surface area (Å²) in [6.07, 6.45) is 8.78. The van der Waals surface area contributed by atoms with E-state index >= 15 is 0 Å². The summed E-state index contributed by atoms with van der Waals surface area (Å²) in [5.41, 5.74) is 2.05. The molecular weight excluding hydrogens is 160 g/mol. The van der Waals surface area contributed by atoms with E-state index in [9.17, 15) is 0 Å². The Balaban J connectivity index is 2.97. The molecule has 1 heterocycles. The van der Waals surface area contributed by atoms with Crippen molar-refractivity contribution in [1.82, 2.24) is 4.98 Å². The Morgan fingerprint density at radius 3 is 3.08 bits per heavy atom. The fraction of sp³-hybridized carbons (Fsp3) is 0.273. The molecule has 1 rings (SSSR count). The molecule has 0 amide bonds. The summed E-state index contributed by atoms with van der Waals surface area (Å²) < 4.78 is 0. The van der Waals surface area contributed by atoms with E-state index in [2.05, 4.69) is 29.1 Å². The highest BCUT2D eigenvalue weighted by atomic mass is 14.7. The molecule has 0 aromatic carbocycles. The van der Waals surface area contributed by atoms with Gasteiger partial charge in [-0.05, 0) is 12.5 Å². The lowest BCUT2D eigenvalue weighted by atomic mass is 10.2. The molecule has 0 bridgehead atoms. The van der Waals surface area contributed by atoms with E-state index in [0.29, 0.717) is 0 Å². The zero-order chi connectivity index (χ0) is 9.52. The van der Waals surface area contributed by atoms with Gasteiger partial charge in [-0.25, -0.2) is 0 Å². The summed E-state index contributed by atoms with van der Waals surface area (Å²) in [5, 5.41) is 0. The van der Waals surface area contributed by atoms with Gasteiger partial charge in [0.1, 0.15) is 0 Å². The maximum Gasteiger partial charge on any atom is 0.0879 e. The minimum atomic E-state index is 0.926. The highest BCUT2D eigenvalue weighted by molar-refractivity contribution is 5.82. The van der Waals surface area contributed by atoms with Crippen LogP contribution in [0.3, 0.4) is 0 Å². The number of aliphatic imine (C=N–C) groups is 1. The summed E-state index contributed by atoms with van der Waals surface area (Å²) >= 11 is 0. The van der Waals surface area contributed by atoms with Crippen molar-refractivity contribution >= 4 is 12.3 Å². The molecule has 0 aliphatic rings. The molecule has 0 aliphatic carbocycles. The standard InChI is InChI=1S/C11H14N2/c1-3-4-6-10-7-5-8-13-11(10)9-12-2/h4-9H,3H2,1-2H3/b6-4-,12-9?. The number of hydrogen-bond acceptors (Lipinski definition) is 2. The van der Waals surface area contributed by atoms with Gasteiger partial charge in [0.15, 0.2) is 0 Å². The minimum Gasteiger partial charge on any atom is -0.294 e. The predicted molar refractivity (Wildman–Crippen MR) is 57.1 cm³/mol. The fourth-order valence-corrected chi connectivity index (χ4v) is 1.05. The summed E-state index contributed by atoms with van der Waals surface area (Å²) in [4.78, 5) is 8.17. The van der Waals surface area contributed by atoms with Gasteiger partial charge in [-0.15, -0.1) is 0 Å². The monoisotopic (exact) mass is 174 g/mol. The molecule has 0 fully saturated rings. The molecule has 68 valence electrons. The average molecular weight is 174 g/mol. The molecule has 1 aromatic rings. The Morgan fingerprint density at radius 2 is 2.38 bits per heavy atom. The highest BCUT2D eigenvalue weighted by Crippen LogP contribution is 2.05. The van der Waals surface area contributed by atoms with E-state index in [1.807, 2.05) is 12.1 Å². The van der Waals surface area contributed by atoms with E-state index in [4.69, 9.17) is 0 Å². The van der Waals surface area contributed by atoms with Crippen LogP contribution in [-0.2, 0) is 0 Å². The first kappa shape index (κ1) is 9.65. The van der Waals surface area contributed by atoms with Crippen LogP contribution in [0.5, 0.6) is 0 Å². The zero-order valence-electron chi connectivity index (χ0n) is 8.07. The summed E-state index contributed by atoms with van der Waals surface area (Å²) in [6, 6.07) is 3.97.